The summed E-state index contributed by atoms with van der Waals surface area (Å²) in [6, 6.07) is 2.55. The standard InChI is InChI=1S/C7H5BrFNO/c8-7-4(3-11)6(10)2-1-5(7)9/h1-3H,10H2. The van der Waals surface area contributed by atoms with E-state index in [-0.39, 0.29) is 15.7 Å². The van der Waals surface area contributed by atoms with Gasteiger partial charge in [-0.1, -0.05) is 0 Å². The Hall–Kier alpha value is -0.900. The molecule has 2 N–H and O–H groups in total. The molecule has 4 heteroatoms. The van der Waals surface area contributed by atoms with Gasteiger partial charge in [0.15, 0.2) is 6.29 Å². The first-order chi connectivity index (χ1) is 5.16. The molecule has 0 aliphatic rings. The van der Waals surface area contributed by atoms with Crippen LogP contribution < -0.4 is 5.73 Å². The molecular weight excluding hydrogens is 213 g/mol. The average molecular weight is 218 g/mol. The predicted molar refractivity (Wildman–Crippen MR) is 43.9 cm³/mol. The average Bonchev–Trinajstić information content (AvgIpc) is 1.99. The Morgan fingerprint density at radius 1 is 1.55 bits per heavy atom. The number of benzene rings is 1. The molecule has 0 aromatic heterocycles. The summed E-state index contributed by atoms with van der Waals surface area (Å²) in [6.07, 6.45) is 0.516. The minimum absolute atomic E-state index is 0.118. The van der Waals surface area contributed by atoms with Crippen molar-refractivity contribution >= 4 is 27.9 Å². The van der Waals surface area contributed by atoms with Crippen molar-refractivity contribution < 1.29 is 9.18 Å². The number of hydrogen-bond donors (Lipinski definition) is 1. The summed E-state index contributed by atoms with van der Waals surface area (Å²) in [5, 5.41) is 0. The number of anilines is 1. The van der Waals surface area contributed by atoms with Crippen molar-refractivity contribution in [3.05, 3.63) is 28.0 Å². The second-order valence-electron chi connectivity index (χ2n) is 1.98. The first-order valence-corrected chi connectivity index (χ1v) is 3.64. The molecule has 2 nitrogen and oxygen atoms in total. The zero-order valence-electron chi connectivity index (χ0n) is 5.47. The summed E-state index contributed by atoms with van der Waals surface area (Å²) in [5.41, 5.74) is 5.80. The number of carbonyl (C=O) groups is 1. The quantitative estimate of drug-likeness (QED) is 0.578. The minimum atomic E-state index is -0.485. The molecule has 0 unspecified atom stereocenters. The van der Waals surface area contributed by atoms with E-state index in [4.69, 9.17) is 5.73 Å². The molecule has 0 spiro atoms. The fraction of sp³-hybridized carbons (Fsp3) is 0. The Labute approximate surface area is 71.3 Å². The highest BCUT2D eigenvalue weighted by Gasteiger charge is 2.07. The summed E-state index contributed by atoms with van der Waals surface area (Å²) in [6.45, 7) is 0. The van der Waals surface area contributed by atoms with Gasteiger partial charge in [-0.3, -0.25) is 4.79 Å². The second kappa shape index (κ2) is 3.00. The second-order valence-corrected chi connectivity index (χ2v) is 2.78. The highest BCUT2D eigenvalue weighted by Crippen LogP contribution is 2.23. The maximum absolute atomic E-state index is 12.7. The highest BCUT2D eigenvalue weighted by molar-refractivity contribution is 9.10. The lowest BCUT2D eigenvalue weighted by Gasteiger charge is -2.00. The maximum Gasteiger partial charge on any atom is 0.153 e. The van der Waals surface area contributed by atoms with E-state index in [1.165, 1.54) is 12.1 Å². The third-order valence-corrected chi connectivity index (χ3v) is 2.09. The van der Waals surface area contributed by atoms with E-state index in [9.17, 15) is 9.18 Å². The number of carbonyl (C=O) groups excluding carboxylic acids is 1. The van der Waals surface area contributed by atoms with Crippen LogP contribution in [0.15, 0.2) is 16.6 Å². The Morgan fingerprint density at radius 2 is 2.18 bits per heavy atom. The molecule has 0 saturated heterocycles. The molecule has 0 atom stereocenters. The molecule has 1 rings (SSSR count). The molecule has 11 heavy (non-hydrogen) atoms. The van der Waals surface area contributed by atoms with Gasteiger partial charge in [0, 0.05) is 5.69 Å². The van der Waals surface area contributed by atoms with E-state index in [0.717, 1.165) is 0 Å². The molecule has 1 aromatic rings. The third kappa shape index (κ3) is 1.40. The molecule has 58 valence electrons. The Kier molecular flexibility index (Phi) is 2.24. The van der Waals surface area contributed by atoms with Crippen LogP contribution in [-0.2, 0) is 0 Å². The molecule has 0 heterocycles. The number of hydrogen-bond acceptors (Lipinski definition) is 2. The monoisotopic (exact) mass is 217 g/mol. The van der Waals surface area contributed by atoms with Crippen LogP contribution in [0.25, 0.3) is 0 Å². The van der Waals surface area contributed by atoms with Crippen molar-refractivity contribution in [3.8, 4) is 0 Å². The van der Waals surface area contributed by atoms with Crippen molar-refractivity contribution in [3.63, 3.8) is 0 Å². The number of halogens is 2. The third-order valence-electron chi connectivity index (χ3n) is 1.28. The molecular formula is C7H5BrFNO. The van der Waals surface area contributed by atoms with Crippen LogP contribution in [-0.4, -0.2) is 6.29 Å². The number of nitrogen functional groups attached to an aromatic ring is 1. The van der Waals surface area contributed by atoms with Crippen LogP contribution in [0.1, 0.15) is 10.4 Å². The minimum Gasteiger partial charge on any atom is -0.398 e. The van der Waals surface area contributed by atoms with Gasteiger partial charge >= 0.3 is 0 Å². The molecule has 0 amide bonds. The van der Waals surface area contributed by atoms with Gasteiger partial charge in [0.25, 0.3) is 0 Å². The van der Waals surface area contributed by atoms with Crippen molar-refractivity contribution in [2.24, 2.45) is 0 Å². The smallest absolute Gasteiger partial charge is 0.153 e. The summed E-state index contributed by atoms with van der Waals surface area (Å²) in [4.78, 5) is 10.3. The topological polar surface area (TPSA) is 43.1 Å². The van der Waals surface area contributed by atoms with Gasteiger partial charge in [-0.25, -0.2) is 4.39 Å². The van der Waals surface area contributed by atoms with Gasteiger partial charge in [-0.2, -0.15) is 0 Å². The van der Waals surface area contributed by atoms with Crippen LogP contribution >= 0.6 is 15.9 Å². The van der Waals surface area contributed by atoms with E-state index in [0.29, 0.717) is 6.29 Å². The fourth-order valence-corrected chi connectivity index (χ4v) is 1.16. The summed E-state index contributed by atoms with van der Waals surface area (Å²) >= 11 is 2.90. The van der Waals surface area contributed by atoms with Crippen molar-refractivity contribution in [2.75, 3.05) is 5.73 Å². The van der Waals surface area contributed by atoms with Crippen LogP contribution in [0.4, 0.5) is 10.1 Å². The SMILES string of the molecule is Nc1ccc(F)c(Br)c1C=O. The van der Waals surface area contributed by atoms with E-state index in [2.05, 4.69) is 15.9 Å². The Balaban J connectivity index is 3.40. The van der Waals surface area contributed by atoms with Crippen molar-refractivity contribution in [2.45, 2.75) is 0 Å². The Bertz CT molecular complexity index is 301. The number of nitrogens with two attached hydrogens (primary N) is 1. The van der Waals surface area contributed by atoms with Gasteiger partial charge in [-0.05, 0) is 28.1 Å². The Morgan fingerprint density at radius 3 is 2.64 bits per heavy atom. The molecule has 0 radical (unpaired) electrons. The lowest BCUT2D eigenvalue weighted by molar-refractivity contribution is 0.112. The first-order valence-electron chi connectivity index (χ1n) is 2.85. The van der Waals surface area contributed by atoms with Crippen molar-refractivity contribution in [1.82, 2.24) is 0 Å². The summed E-state index contributed by atoms with van der Waals surface area (Å²) < 4.78 is 12.8. The fourth-order valence-electron chi connectivity index (χ4n) is 0.701. The molecule has 0 saturated carbocycles. The van der Waals surface area contributed by atoms with Gasteiger partial charge in [0.05, 0.1) is 10.0 Å². The molecule has 0 bridgehead atoms. The van der Waals surface area contributed by atoms with Crippen LogP contribution in [0, 0.1) is 5.82 Å². The lowest BCUT2D eigenvalue weighted by atomic mass is 10.2. The molecule has 0 fully saturated rings. The molecule has 1 aromatic carbocycles. The zero-order chi connectivity index (χ0) is 8.43. The maximum atomic E-state index is 12.7. The van der Waals surface area contributed by atoms with E-state index in [1.807, 2.05) is 0 Å². The molecule has 0 aliphatic heterocycles. The van der Waals surface area contributed by atoms with Gasteiger partial charge in [-0.15, -0.1) is 0 Å². The molecule has 0 aliphatic carbocycles. The predicted octanol–water partition coefficient (Wildman–Crippen LogP) is 1.98. The van der Waals surface area contributed by atoms with Crippen LogP contribution in [0.3, 0.4) is 0 Å². The lowest BCUT2D eigenvalue weighted by Crippen LogP contribution is -1.95. The van der Waals surface area contributed by atoms with Gasteiger partial charge in [0.2, 0.25) is 0 Å². The number of aldehydes is 1. The highest BCUT2D eigenvalue weighted by atomic mass is 79.9. The van der Waals surface area contributed by atoms with Crippen molar-refractivity contribution in [1.29, 1.82) is 0 Å². The van der Waals surface area contributed by atoms with Crippen LogP contribution in [0.2, 0.25) is 0 Å². The van der Waals surface area contributed by atoms with Gasteiger partial charge in [0.1, 0.15) is 5.82 Å². The summed E-state index contributed by atoms with van der Waals surface area (Å²) in [7, 11) is 0. The van der Waals surface area contributed by atoms with Crippen LogP contribution in [0.5, 0.6) is 0 Å². The summed E-state index contributed by atoms with van der Waals surface area (Å²) in [5.74, 6) is -0.485. The van der Waals surface area contributed by atoms with Gasteiger partial charge < -0.3 is 5.73 Å². The van der Waals surface area contributed by atoms with E-state index >= 15 is 0 Å². The van der Waals surface area contributed by atoms with E-state index < -0.39 is 5.82 Å². The van der Waals surface area contributed by atoms with E-state index in [1.54, 1.807) is 0 Å². The largest absolute Gasteiger partial charge is 0.398 e. The first kappa shape index (κ1) is 8.20. The zero-order valence-corrected chi connectivity index (χ0v) is 7.06. The number of rotatable bonds is 1. The normalized spacial score (nSPS) is 9.64.